The van der Waals surface area contributed by atoms with Crippen LogP contribution in [0.5, 0.6) is 0 Å². The maximum Gasteiger partial charge on any atom is 0.394 e. The highest BCUT2D eigenvalue weighted by molar-refractivity contribution is 7.79. The van der Waals surface area contributed by atoms with E-state index < -0.39 is 10.4 Å². The zero-order valence-corrected chi connectivity index (χ0v) is 17.8. The Labute approximate surface area is 170 Å². The number of nitrogens with two attached hydrogens (primary N) is 1. The normalized spacial score (nSPS) is 14.8. The van der Waals surface area contributed by atoms with Crippen LogP contribution in [0.1, 0.15) is 57.6 Å². The molecule has 0 aliphatic heterocycles. The molecule has 0 bridgehead atoms. The minimum Gasteiger partial charge on any atom is -0.466 e. The molecule has 168 valence electrons. The number of aromatic amines is 1. The maximum atomic E-state index is 11.0. The van der Waals surface area contributed by atoms with Gasteiger partial charge in [0.05, 0.1) is 6.61 Å². The Morgan fingerprint density at radius 1 is 1.24 bits per heavy atom. The van der Waals surface area contributed by atoms with E-state index in [-0.39, 0.29) is 29.7 Å². The van der Waals surface area contributed by atoms with Crippen molar-refractivity contribution in [3.8, 4) is 0 Å². The van der Waals surface area contributed by atoms with Crippen LogP contribution in [-0.2, 0) is 31.8 Å². The summed E-state index contributed by atoms with van der Waals surface area (Å²) in [7, 11) is -2.92. The van der Waals surface area contributed by atoms with Crippen molar-refractivity contribution in [3.05, 3.63) is 22.1 Å². The molecule has 1 aromatic rings. The van der Waals surface area contributed by atoms with Gasteiger partial charge in [-0.2, -0.15) is 8.42 Å². The standard InChI is InChI=1S/C8H12O3.C7H10N2O.C2H7N.H2O4S/c1-2-11-8(10)5-7(9)6-3-4-6;1-9-7(10)4-6(8-9)5-2-3-5;1-2-3;1-5(2,3)4/h6H,2-5H2,1H3;4-5,8H,2-3H2,1H3;2-3H2,1H3;(H2,1,2,3,4). The lowest BCUT2D eigenvalue weighted by Crippen LogP contribution is -2.12. The molecule has 1 aromatic heterocycles. The minimum atomic E-state index is -4.67. The van der Waals surface area contributed by atoms with Crippen molar-refractivity contribution in [3.63, 3.8) is 0 Å². The Balaban J connectivity index is 0.000000401. The van der Waals surface area contributed by atoms with E-state index in [1.807, 2.05) is 6.92 Å². The molecule has 2 aliphatic rings. The molecular formula is C17H31N3O8S. The van der Waals surface area contributed by atoms with E-state index >= 15 is 0 Å². The third-order valence-corrected chi connectivity index (χ3v) is 3.58. The first-order chi connectivity index (χ1) is 13.4. The first kappa shape index (κ1) is 27.0. The molecule has 1 heterocycles. The molecule has 29 heavy (non-hydrogen) atoms. The van der Waals surface area contributed by atoms with Gasteiger partial charge in [0, 0.05) is 30.6 Å². The lowest BCUT2D eigenvalue weighted by Gasteiger charge is -1.98. The largest absolute Gasteiger partial charge is 0.466 e. The number of carbonyl (C=O) groups excluding carboxylic acids is 2. The molecule has 12 heteroatoms. The van der Waals surface area contributed by atoms with Gasteiger partial charge in [-0.1, -0.05) is 6.92 Å². The predicted molar refractivity (Wildman–Crippen MR) is 106 cm³/mol. The minimum absolute atomic E-state index is 0.0293. The highest BCUT2D eigenvalue weighted by atomic mass is 32.3. The van der Waals surface area contributed by atoms with E-state index in [0.29, 0.717) is 12.5 Å². The van der Waals surface area contributed by atoms with E-state index in [4.69, 9.17) is 23.3 Å². The summed E-state index contributed by atoms with van der Waals surface area (Å²) in [4.78, 5) is 32.6. The number of Topliss-reactive ketones (excluding diaryl/α,β-unsaturated/α-hetero) is 1. The lowest BCUT2D eigenvalue weighted by atomic mass is 10.2. The van der Waals surface area contributed by atoms with Gasteiger partial charge in [0.25, 0.3) is 5.56 Å². The van der Waals surface area contributed by atoms with E-state index in [1.165, 1.54) is 17.5 Å². The summed E-state index contributed by atoms with van der Waals surface area (Å²) in [6, 6.07) is 1.69. The van der Waals surface area contributed by atoms with Gasteiger partial charge in [0.1, 0.15) is 12.2 Å². The molecule has 3 rings (SSSR count). The van der Waals surface area contributed by atoms with Gasteiger partial charge in [0.2, 0.25) is 0 Å². The van der Waals surface area contributed by atoms with E-state index in [2.05, 4.69) is 9.84 Å². The molecule has 0 saturated heterocycles. The maximum absolute atomic E-state index is 11.0. The van der Waals surface area contributed by atoms with E-state index in [1.54, 1.807) is 20.0 Å². The fourth-order valence-electron chi connectivity index (χ4n) is 2.02. The van der Waals surface area contributed by atoms with Gasteiger partial charge >= 0.3 is 16.4 Å². The number of ether oxygens (including phenoxy) is 1. The highest BCUT2D eigenvalue weighted by Gasteiger charge is 2.30. The van der Waals surface area contributed by atoms with Gasteiger partial charge in [0.15, 0.2) is 0 Å². The Morgan fingerprint density at radius 3 is 2.03 bits per heavy atom. The summed E-state index contributed by atoms with van der Waals surface area (Å²) in [5.41, 5.74) is 6.02. The zero-order chi connectivity index (χ0) is 22.6. The van der Waals surface area contributed by atoms with Crippen molar-refractivity contribution in [1.29, 1.82) is 0 Å². The van der Waals surface area contributed by atoms with Crippen molar-refractivity contribution in [2.75, 3.05) is 13.2 Å². The summed E-state index contributed by atoms with van der Waals surface area (Å²) >= 11 is 0. The fourth-order valence-corrected chi connectivity index (χ4v) is 2.02. The van der Waals surface area contributed by atoms with Crippen molar-refractivity contribution >= 4 is 22.2 Å². The van der Waals surface area contributed by atoms with Crippen LogP contribution in [0.2, 0.25) is 0 Å². The topological polar surface area (TPSA) is 182 Å². The Hall–Kier alpha value is -2.02. The second-order valence-corrected chi connectivity index (χ2v) is 7.36. The van der Waals surface area contributed by atoms with Crippen molar-refractivity contribution in [1.82, 2.24) is 9.78 Å². The molecule has 5 N–H and O–H groups in total. The second kappa shape index (κ2) is 13.2. The summed E-state index contributed by atoms with van der Waals surface area (Å²) < 4.78 is 37.7. The Kier molecular flexibility index (Phi) is 12.3. The molecule has 0 atom stereocenters. The van der Waals surface area contributed by atoms with Gasteiger partial charge in [-0.15, -0.1) is 0 Å². The van der Waals surface area contributed by atoms with E-state index in [0.717, 1.165) is 25.1 Å². The first-order valence-electron chi connectivity index (χ1n) is 9.27. The first-order valence-corrected chi connectivity index (χ1v) is 10.7. The van der Waals surface area contributed by atoms with Crippen LogP contribution in [0.25, 0.3) is 0 Å². The highest BCUT2D eigenvalue weighted by Crippen LogP contribution is 2.38. The number of ketones is 1. The number of hydrogen-bond donors (Lipinski definition) is 4. The monoisotopic (exact) mass is 437 g/mol. The van der Waals surface area contributed by atoms with Crippen LogP contribution in [-0.4, -0.2) is 52.2 Å². The van der Waals surface area contributed by atoms with Crippen molar-refractivity contribution < 1.29 is 31.8 Å². The van der Waals surface area contributed by atoms with Gasteiger partial charge in [-0.05, 0) is 39.2 Å². The number of hydrogen-bond acceptors (Lipinski definition) is 7. The number of aryl methyl sites for hydroxylation is 1. The van der Waals surface area contributed by atoms with Crippen LogP contribution in [0.4, 0.5) is 0 Å². The molecule has 0 radical (unpaired) electrons. The van der Waals surface area contributed by atoms with Crippen LogP contribution in [0, 0.1) is 5.92 Å². The Bertz CT molecular complexity index is 784. The molecule has 2 saturated carbocycles. The number of H-pyrrole nitrogens is 1. The molecular weight excluding hydrogens is 406 g/mol. The fraction of sp³-hybridized carbons (Fsp3) is 0.706. The summed E-state index contributed by atoms with van der Waals surface area (Å²) in [5, 5.41) is 3.01. The third kappa shape index (κ3) is 15.6. The predicted octanol–water partition coefficient (Wildman–Crippen LogP) is 0.822. The molecule has 2 aliphatic carbocycles. The smallest absolute Gasteiger partial charge is 0.394 e. The summed E-state index contributed by atoms with van der Waals surface area (Å²) in [6.07, 6.45) is 4.36. The molecule has 0 unspecified atom stereocenters. The quantitative estimate of drug-likeness (QED) is 0.294. The van der Waals surface area contributed by atoms with Crippen LogP contribution >= 0.6 is 0 Å². The van der Waals surface area contributed by atoms with Crippen LogP contribution in [0.3, 0.4) is 0 Å². The number of carbonyl (C=O) groups is 2. The van der Waals surface area contributed by atoms with Crippen molar-refractivity contribution in [2.24, 2.45) is 18.7 Å². The molecule has 0 spiro atoms. The summed E-state index contributed by atoms with van der Waals surface area (Å²) in [6.45, 7) is 4.75. The number of esters is 1. The SMILES string of the molecule is CCN.CCOC(=O)CC(=O)C1CC1.Cn1[nH]c(C2CC2)cc1=O.O=S(=O)(O)O. The number of nitrogens with zero attached hydrogens (tertiary/aromatic N) is 1. The van der Waals surface area contributed by atoms with Gasteiger partial charge < -0.3 is 10.5 Å². The number of aromatic nitrogens is 2. The van der Waals surface area contributed by atoms with Crippen LogP contribution in [0.15, 0.2) is 10.9 Å². The average Bonchev–Trinajstić information content (AvgIpc) is 3.46. The van der Waals surface area contributed by atoms with Gasteiger partial charge in [-0.3, -0.25) is 33.3 Å². The average molecular weight is 438 g/mol. The Morgan fingerprint density at radius 2 is 1.72 bits per heavy atom. The third-order valence-electron chi connectivity index (χ3n) is 3.58. The zero-order valence-electron chi connectivity index (χ0n) is 17.0. The number of nitrogens with one attached hydrogen (secondary N) is 1. The second-order valence-electron chi connectivity index (χ2n) is 6.46. The molecule has 2 fully saturated rings. The van der Waals surface area contributed by atoms with Crippen molar-refractivity contribution in [2.45, 2.75) is 51.9 Å². The lowest BCUT2D eigenvalue weighted by molar-refractivity contribution is -0.145. The molecule has 11 nitrogen and oxygen atoms in total. The van der Waals surface area contributed by atoms with Crippen LogP contribution < -0.4 is 11.3 Å². The number of rotatable bonds is 5. The van der Waals surface area contributed by atoms with E-state index in [9.17, 15) is 14.4 Å². The summed E-state index contributed by atoms with van der Waals surface area (Å²) in [5.74, 6) is 0.473. The van der Waals surface area contributed by atoms with Gasteiger partial charge in [-0.25, -0.2) is 0 Å². The molecule has 0 amide bonds. The molecule has 0 aromatic carbocycles.